The number of nitrogens with two attached hydrogens (primary N) is 1. The Morgan fingerprint density at radius 3 is 2.38 bits per heavy atom. The average Bonchev–Trinajstić information content (AvgIpc) is 2.27. The highest BCUT2D eigenvalue weighted by Gasteiger charge is 1.97. The second kappa shape index (κ2) is 7.96. The van der Waals surface area contributed by atoms with Gasteiger partial charge in [-0.05, 0) is 30.3 Å². The quantitative estimate of drug-likeness (QED) is 0.869. The fraction of sp³-hybridized carbons (Fsp3) is 0.273. The number of methoxy groups -OCH3 is 1. The number of hydrogen-bond acceptors (Lipinski definition) is 3. The molecule has 2 N–H and O–H groups in total. The van der Waals surface area contributed by atoms with E-state index < -0.39 is 0 Å². The molecule has 0 spiro atoms. The molecule has 3 nitrogen and oxygen atoms in total. The van der Waals surface area contributed by atoms with Crippen LogP contribution in [0.4, 0.5) is 4.39 Å². The minimum absolute atomic E-state index is 0. The van der Waals surface area contributed by atoms with Crippen LogP contribution in [-0.4, -0.2) is 20.3 Å². The lowest BCUT2D eigenvalue weighted by atomic mass is 10.3. The van der Waals surface area contributed by atoms with Crippen LogP contribution >= 0.6 is 12.4 Å². The van der Waals surface area contributed by atoms with E-state index in [0.717, 1.165) is 5.75 Å². The predicted octanol–water partition coefficient (Wildman–Crippen LogP) is 2.31. The molecule has 1 aromatic carbocycles. The zero-order chi connectivity index (χ0) is 11.1. The highest BCUT2D eigenvalue weighted by atomic mass is 35.5. The van der Waals surface area contributed by atoms with Gasteiger partial charge in [-0.15, -0.1) is 12.4 Å². The summed E-state index contributed by atoms with van der Waals surface area (Å²) in [6.07, 6.45) is 1.28. The van der Waals surface area contributed by atoms with Crippen molar-refractivity contribution in [2.24, 2.45) is 5.73 Å². The number of benzene rings is 1. The van der Waals surface area contributed by atoms with Crippen molar-refractivity contribution >= 4 is 12.4 Å². The molecule has 0 bridgehead atoms. The van der Waals surface area contributed by atoms with Gasteiger partial charge in [-0.3, -0.25) is 0 Å². The molecule has 0 atom stereocenters. The molecule has 0 fully saturated rings. The first-order valence-corrected chi connectivity index (χ1v) is 4.57. The molecule has 0 heterocycles. The molecule has 0 aliphatic rings. The van der Waals surface area contributed by atoms with E-state index in [9.17, 15) is 4.39 Å². The summed E-state index contributed by atoms with van der Waals surface area (Å²) < 4.78 is 23.0. The van der Waals surface area contributed by atoms with Gasteiger partial charge in [0.05, 0.1) is 7.11 Å². The maximum atomic E-state index is 12.9. The zero-order valence-electron chi connectivity index (χ0n) is 8.98. The molecular weight excluding hydrogens is 233 g/mol. The van der Waals surface area contributed by atoms with Crippen LogP contribution in [0.1, 0.15) is 0 Å². The van der Waals surface area contributed by atoms with Gasteiger partial charge in [-0.1, -0.05) is 0 Å². The molecule has 0 aliphatic heterocycles. The minimum Gasteiger partial charge on any atom is -0.497 e. The topological polar surface area (TPSA) is 44.5 Å². The smallest absolute Gasteiger partial charge is 0.139 e. The Morgan fingerprint density at radius 1 is 1.31 bits per heavy atom. The van der Waals surface area contributed by atoms with Gasteiger partial charge in [0.25, 0.3) is 0 Å². The van der Waals surface area contributed by atoms with E-state index in [4.69, 9.17) is 15.2 Å². The maximum absolute atomic E-state index is 12.9. The Morgan fingerprint density at radius 2 is 1.88 bits per heavy atom. The first-order chi connectivity index (χ1) is 7.26. The summed E-state index contributed by atoms with van der Waals surface area (Å²) in [6.45, 7) is 0.0847. The summed E-state index contributed by atoms with van der Waals surface area (Å²) in [4.78, 5) is 0. The monoisotopic (exact) mass is 247 g/mol. The average molecular weight is 248 g/mol. The third kappa shape index (κ3) is 5.00. The number of ether oxygens (including phenoxy) is 2. The molecule has 0 radical (unpaired) electrons. The first-order valence-electron chi connectivity index (χ1n) is 4.57. The normalized spacial score (nSPS) is 10.6. The highest BCUT2D eigenvalue weighted by molar-refractivity contribution is 5.85. The second-order valence-electron chi connectivity index (χ2n) is 2.85. The largest absolute Gasteiger partial charge is 0.497 e. The van der Waals surface area contributed by atoms with Gasteiger partial charge < -0.3 is 15.2 Å². The van der Waals surface area contributed by atoms with E-state index in [1.807, 2.05) is 0 Å². The van der Waals surface area contributed by atoms with Gasteiger partial charge in [-0.25, -0.2) is 4.39 Å². The summed E-state index contributed by atoms with van der Waals surface area (Å²) in [6, 6.07) is 6.93. The van der Waals surface area contributed by atoms with Gasteiger partial charge in [0.1, 0.15) is 23.9 Å². The number of hydrogen-bond donors (Lipinski definition) is 1. The van der Waals surface area contributed by atoms with Gasteiger partial charge in [0, 0.05) is 6.54 Å². The molecule has 0 amide bonds. The fourth-order valence-electron chi connectivity index (χ4n) is 1.01. The van der Waals surface area contributed by atoms with Crippen molar-refractivity contribution < 1.29 is 13.9 Å². The van der Waals surface area contributed by atoms with Crippen molar-refractivity contribution in [1.82, 2.24) is 0 Å². The summed E-state index contributed by atoms with van der Waals surface area (Å²) in [5, 5.41) is 0. The third-order valence-electron chi connectivity index (χ3n) is 1.78. The summed E-state index contributed by atoms with van der Waals surface area (Å²) in [5.41, 5.74) is 5.15. The second-order valence-corrected chi connectivity index (χ2v) is 2.85. The number of halogens is 2. The Balaban J connectivity index is 0.00000225. The standard InChI is InChI=1S/C11H14FNO2.ClH/c1-14-10-2-4-11(5-3-10)15-8-9(12)6-7-13;/h2-6H,7-8,13H2,1H3;1H/b9-6-;. The minimum atomic E-state index is -0.367. The van der Waals surface area contributed by atoms with E-state index in [0.29, 0.717) is 5.75 Å². The van der Waals surface area contributed by atoms with Crippen LogP contribution < -0.4 is 15.2 Å². The summed E-state index contributed by atoms with van der Waals surface area (Å²) in [7, 11) is 1.58. The van der Waals surface area contributed by atoms with E-state index >= 15 is 0 Å². The Labute approximate surface area is 100 Å². The molecule has 1 rings (SSSR count). The Bertz CT molecular complexity index is 327. The van der Waals surface area contributed by atoms with E-state index in [1.165, 1.54) is 6.08 Å². The fourth-order valence-corrected chi connectivity index (χ4v) is 1.01. The van der Waals surface area contributed by atoms with Gasteiger partial charge in [0.2, 0.25) is 0 Å². The molecule has 16 heavy (non-hydrogen) atoms. The zero-order valence-corrected chi connectivity index (χ0v) is 9.80. The van der Waals surface area contributed by atoms with E-state index in [2.05, 4.69) is 0 Å². The Kier molecular flexibility index (Phi) is 7.33. The molecule has 0 saturated heterocycles. The van der Waals surface area contributed by atoms with Crippen LogP contribution in [0.2, 0.25) is 0 Å². The van der Waals surface area contributed by atoms with Crippen molar-refractivity contribution in [3.63, 3.8) is 0 Å². The lowest BCUT2D eigenvalue weighted by Crippen LogP contribution is -2.01. The van der Waals surface area contributed by atoms with Crippen molar-refractivity contribution in [2.75, 3.05) is 20.3 Å². The van der Waals surface area contributed by atoms with Crippen LogP contribution in [0.15, 0.2) is 36.2 Å². The Hall–Kier alpha value is -1.26. The van der Waals surface area contributed by atoms with E-state index in [-0.39, 0.29) is 31.4 Å². The molecule has 0 aliphatic carbocycles. The van der Waals surface area contributed by atoms with Crippen LogP contribution in [0.3, 0.4) is 0 Å². The van der Waals surface area contributed by atoms with Crippen LogP contribution in [0, 0.1) is 0 Å². The molecule has 0 saturated carbocycles. The van der Waals surface area contributed by atoms with Crippen LogP contribution in [0.5, 0.6) is 11.5 Å². The predicted molar refractivity (Wildman–Crippen MR) is 64.0 cm³/mol. The lowest BCUT2D eigenvalue weighted by Gasteiger charge is -2.05. The van der Waals surface area contributed by atoms with E-state index in [1.54, 1.807) is 31.4 Å². The van der Waals surface area contributed by atoms with Gasteiger partial charge >= 0.3 is 0 Å². The first kappa shape index (κ1) is 14.7. The molecule has 0 unspecified atom stereocenters. The SMILES string of the molecule is COc1ccc(OC/C(F)=C/CN)cc1.Cl. The van der Waals surface area contributed by atoms with Gasteiger partial charge in [-0.2, -0.15) is 0 Å². The van der Waals surface area contributed by atoms with Crippen LogP contribution in [0.25, 0.3) is 0 Å². The van der Waals surface area contributed by atoms with Crippen molar-refractivity contribution in [2.45, 2.75) is 0 Å². The maximum Gasteiger partial charge on any atom is 0.139 e. The molecule has 1 aromatic rings. The van der Waals surface area contributed by atoms with Crippen molar-refractivity contribution in [3.8, 4) is 11.5 Å². The van der Waals surface area contributed by atoms with Crippen molar-refractivity contribution in [1.29, 1.82) is 0 Å². The van der Waals surface area contributed by atoms with Gasteiger partial charge in [0.15, 0.2) is 0 Å². The lowest BCUT2D eigenvalue weighted by molar-refractivity contribution is 0.317. The summed E-state index contributed by atoms with van der Waals surface area (Å²) >= 11 is 0. The molecule has 0 aromatic heterocycles. The van der Waals surface area contributed by atoms with Crippen LogP contribution in [-0.2, 0) is 0 Å². The summed E-state index contributed by atoms with van der Waals surface area (Å²) in [5.74, 6) is 0.963. The number of rotatable bonds is 5. The van der Waals surface area contributed by atoms with Crippen molar-refractivity contribution in [3.05, 3.63) is 36.2 Å². The molecule has 90 valence electrons. The molecule has 5 heteroatoms. The molecular formula is C11H15ClFNO2. The highest BCUT2D eigenvalue weighted by Crippen LogP contribution is 2.17. The third-order valence-corrected chi connectivity index (χ3v) is 1.78.